The lowest BCUT2D eigenvalue weighted by molar-refractivity contribution is -0.192. The monoisotopic (exact) mass is 368 g/mol. The van der Waals surface area contributed by atoms with Crippen LogP contribution in [0.1, 0.15) is 6.42 Å². The normalized spacial score (nSPS) is 29.4. The second-order valence-corrected chi connectivity index (χ2v) is 6.38. The summed E-state index contributed by atoms with van der Waals surface area (Å²) in [4.78, 5) is 23.1. The number of hydrogen-bond acceptors (Lipinski definition) is 5. The quantitative estimate of drug-likeness (QED) is 0.731. The van der Waals surface area contributed by atoms with Crippen molar-refractivity contribution >= 4 is 11.9 Å². The lowest BCUT2D eigenvalue weighted by Crippen LogP contribution is -2.44. The van der Waals surface area contributed by atoms with Crippen molar-refractivity contribution in [2.45, 2.75) is 12.6 Å². The molecule has 0 aromatic heterocycles. The minimum Gasteiger partial charge on any atom is -0.475 e. The number of carbonyl (C=O) groups excluding carboxylic acids is 1. The summed E-state index contributed by atoms with van der Waals surface area (Å²) in [6, 6.07) is 0. The average molecular weight is 368 g/mol. The number of hydrogen-bond donors (Lipinski definition) is 2. The average Bonchev–Trinajstić information content (AvgIpc) is 3.05. The van der Waals surface area contributed by atoms with Gasteiger partial charge in [-0.05, 0) is 24.3 Å². The molecule has 3 heterocycles. The molecule has 3 rings (SSSR count). The Morgan fingerprint density at radius 3 is 2.36 bits per heavy atom. The molecule has 0 saturated carbocycles. The van der Waals surface area contributed by atoms with E-state index in [0.717, 1.165) is 39.4 Å². The number of morpholine rings is 1. The zero-order chi connectivity index (χ0) is 18.4. The Hall–Kier alpha value is -1.39. The molecule has 0 unspecified atom stereocenters. The Balaban J connectivity index is 0.000000277. The fourth-order valence-corrected chi connectivity index (χ4v) is 3.36. The number of carbonyl (C=O) groups is 2. The molecule has 0 aromatic rings. The first-order valence-corrected chi connectivity index (χ1v) is 8.23. The summed E-state index contributed by atoms with van der Waals surface area (Å²) >= 11 is 0. The molecule has 0 aromatic carbocycles. The molecule has 3 atom stereocenters. The van der Waals surface area contributed by atoms with Crippen LogP contribution in [0.2, 0.25) is 0 Å². The first-order chi connectivity index (χ1) is 11.8. The van der Waals surface area contributed by atoms with Crippen molar-refractivity contribution in [2.24, 2.45) is 17.8 Å². The van der Waals surface area contributed by atoms with Gasteiger partial charge < -0.3 is 24.8 Å². The van der Waals surface area contributed by atoms with Crippen molar-refractivity contribution in [1.82, 2.24) is 10.2 Å². The van der Waals surface area contributed by atoms with Crippen molar-refractivity contribution in [3.63, 3.8) is 0 Å². The van der Waals surface area contributed by atoms with Gasteiger partial charge in [0.2, 0.25) is 5.91 Å². The fraction of sp³-hybridized carbons (Fsp3) is 0.867. The van der Waals surface area contributed by atoms with Crippen LogP contribution in [-0.2, 0) is 19.1 Å². The molecule has 0 radical (unpaired) electrons. The first kappa shape index (κ1) is 19.9. The lowest BCUT2D eigenvalue weighted by Gasteiger charge is -2.35. The van der Waals surface area contributed by atoms with Crippen LogP contribution in [0.5, 0.6) is 0 Å². The fourth-order valence-electron chi connectivity index (χ4n) is 3.36. The van der Waals surface area contributed by atoms with E-state index >= 15 is 0 Å². The summed E-state index contributed by atoms with van der Waals surface area (Å²) < 4.78 is 42.7. The van der Waals surface area contributed by atoms with Gasteiger partial charge in [0.25, 0.3) is 0 Å². The van der Waals surface area contributed by atoms with Crippen molar-refractivity contribution in [2.75, 3.05) is 52.6 Å². The Kier molecular flexibility index (Phi) is 7.03. The van der Waals surface area contributed by atoms with Crippen molar-refractivity contribution in [3.8, 4) is 0 Å². The van der Waals surface area contributed by atoms with E-state index in [9.17, 15) is 18.0 Å². The molecule has 3 aliphatic rings. The summed E-state index contributed by atoms with van der Waals surface area (Å²) in [6.45, 7) is 6.57. The molecule has 1 amide bonds. The highest BCUT2D eigenvalue weighted by molar-refractivity contribution is 5.76. The molecular weight excluding hydrogens is 345 g/mol. The predicted octanol–water partition coefficient (Wildman–Crippen LogP) is 0.351. The van der Waals surface area contributed by atoms with Gasteiger partial charge in [0, 0.05) is 26.1 Å². The summed E-state index contributed by atoms with van der Waals surface area (Å²) in [5.41, 5.74) is 0. The third kappa shape index (κ3) is 5.82. The van der Waals surface area contributed by atoms with Gasteiger partial charge in [-0.2, -0.15) is 13.2 Å². The van der Waals surface area contributed by atoms with Gasteiger partial charge in [-0.1, -0.05) is 0 Å². The number of ether oxygens (including phenoxy) is 2. The standard InChI is InChI=1S/C13H22N2O3.C2HF3O2/c16-13(15-1-3-17-4-2-15)5-10-8-18-9-11-6-14-7-12(10)11;3-2(4,5)1(6)7/h10-12,14H,1-9H2;(H,6,7)/t10-,11-,12+;/m1./s1. The molecule has 2 N–H and O–H groups in total. The van der Waals surface area contributed by atoms with E-state index in [1.807, 2.05) is 4.90 Å². The van der Waals surface area contributed by atoms with E-state index in [1.165, 1.54) is 0 Å². The van der Waals surface area contributed by atoms with Crippen LogP contribution in [0.3, 0.4) is 0 Å². The van der Waals surface area contributed by atoms with Crippen LogP contribution in [0.25, 0.3) is 0 Å². The largest absolute Gasteiger partial charge is 0.490 e. The summed E-state index contributed by atoms with van der Waals surface area (Å²) in [5, 5.41) is 10.5. The van der Waals surface area contributed by atoms with Gasteiger partial charge >= 0.3 is 12.1 Å². The maximum Gasteiger partial charge on any atom is 0.490 e. The molecule has 0 bridgehead atoms. The number of carboxylic acids is 1. The number of carboxylic acid groups (broad SMARTS) is 1. The number of nitrogens with one attached hydrogen (secondary N) is 1. The van der Waals surface area contributed by atoms with E-state index in [4.69, 9.17) is 19.4 Å². The van der Waals surface area contributed by atoms with Crippen molar-refractivity contribution in [1.29, 1.82) is 0 Å². The number of halogens is 3. The summed E-state index contributed by atoms with van der Waals surface area (Å²) in [6.07, 6.45) is -4.44. The van der Waals surface area contributed by atoms with Crippen LogP contribution in [-0.4, -0.2) is 80.7 Å². The third-order valence-electron chi connectivity index (χ3n) is 4.70. The van der Waals surface area contributed by atoms with Gasteiger partial charge in [-0.3, -0.25) is 4.79 Å². The zero-order valence-corrected chi connectivity index (χ0v) is 13.8. The highest BCUT2D eigenvalue weighted by Crippen LogP contribution is 2.32. The highest BCUT2D eigenvalue weighted by Gasteiger charge is 2.39. The minimum atomic E-state index is -5.08. The molecule has 3 fully saturated rings. The maximum atomic E-state index is 12.2. The van der Waals surface area contributed by atoms with E-state index in [-0.39, 0.29) is 5.91 Å². The van der Waals surface area contributed by atoms with E-state index in [2.05, 4.69) is 5.32 Å². The third-order valence-corrected chi connectivity index (χ3v) is 4.70. The van der Waals surface area contributed by atoms with Gasteiger partial charge in [-0.15, -0.1) is 0 Å². The van der Waals surface area contributed by atoms with Crippen LogP contribution >= 0.6 is 0 Å². The SMILES string of the molecule is O=C(C[C@@H]1COC[C@H]2CNC[C@H]21)N1CCOCC1.O=C(O)C(F)(F)F. The number of amides is 1. The molecule has 0 aliphatic carbocycles. The van der Waals surface area contributed by atoms with E-state index in [1.54, 1.807) is 0 Å². The van der Waals surface area contributed by atoms with Gasteiger partial charge in [0.05, 0.1) is 26.4 Å². The van der Waals surface area contributed by atoms with Gasteiger partial charge in [-0.25, -0.2) is 4.79 Å². The van der Waals surface area contributed by atoms with E-state index < -0.39 is 12.1 Å². The zero-order valence-electron chi connectivity index (χ0n) is 13.8. The molecule has 7 nitrogen and oxygen atoms in total. The van der Waals surface area contributed by atoms with E-state index in [0.29, 0.717) is 37.4 Å². The smallest absolute Gasteiger partial charge is 0.475 e. The molecule has 10 heteroatoms. The Bertz CT molecular complexity index is 469. The second-order valence-electron chi connectivity index (χ2n) is 6.38. The Morgan fingerprint density at radius 1 is 1.12 bits per heavy atom. The molecule has 25 heavy (non-hydrogen) atoms. The lowest BCUT2D eigenvalue weighted by atomic mass is 9.81. The van der Waals surface area contributed by atoms with Crippen LogP contribution in [0, 0.1) is 17.8 Å². The highest BCUT2D eigenvalue weighted by atomic mass is 19.4. The predicted molar refractivity (Wildman–Crippen MR) is 79.9 cm³/mol. The van der Waals surface area contributed by atoms with Crippen LogP contribution in [0.4, 0.5) is 13.2 Å². The maximum absolute atomic E-state index is 12.2. The van der Waals surface area contributed by atoms with Crippen LogP contribution < -0.4 is 5.32 Å². The second kappa shape index (κ2) is 8.81. The molecule has 3 aliphatic heterocycles. The molecular formula is C15H23F3N2O5. The number of alkyl halides is 3. The molecule has 0 spiro atoms. The van der Waals surface area contributed by atoms with Gasteiger partial charge in [0.1, 0.15) is 0 Å². The van der Waals surface area contributed by atoms with Crippen molar-refractivity contribution < 1.29 is 37.3 Å². The summed E-state index contributed by atoms with van der Waals surface area (Å²) in [7, 11) is 0. The Morgan fingerprint density at radius 2 is 1.76 bits per heavy atom. The van der Waals surface area contributed by atoms with Crippen molar-refractivity contribution in [3.05, 3.63) is 0 Å². The minimum absolute atomic E-state index is 0.277. The summed E-state index contributed by atoms with van der Waals surface area (Å²) in [5.74, 6) is -0.842. The number of rotatable bonds is 2. The number of fused-ring (bicyclic) bond motifs is 1. The van der Waals surface area contributed by atoms with Crippen LogP contribution in [0.15, 0.2) is 0 Å². The molecule has 144 valence electrons. The number of aliphatic carboxylic acids is 1. The Labute approximate surface area is 143 Å². The number of nitrogens with zero attached hydrogens (tertiary/aromatic N) is 1. The molecule has 3 saturated heterocycles. The topological polar surface area (TPSA) is 88.1 Å². The van der Waals surface area contributed by atoms with Gasteiger partial charge in [0.15, 0.2) is 0 Å². The first-order valence-electron chi connectivity index (χ1n) is 8.23.